The van der Waals surface area contributed by atoms with Crippen LogP contribution in [-0.2, 0) is 4.74 Å². The number of rotatable bonds is 5. The Labute approximate surface area is 129 Å². The quantitative estimate of drug-likeness (QED) is 0.617. The van der Waals surface area contributed by atoms with Crippen LogP contribution < -0.4 is 0 Å². The van der Waals surface area contributed by atoms with E-state index < -0.39 is 0 Å². The minimum Gasteiger partial charge on any atom is -0.462 e. The highest BCUT2D eigenvalue weighted by Crippen LogP contribution is 2.22. The average molecular weight is 307 g/mol. The highest BCUT2D eigenvalue weighted by Gasteiger charge is 2.12. The summed E-state index contributed by atoms with van der Waals surface area (Å²) in [6, 6.07) is 7.17. The third-order valence-electron chi connectivity index (χ3n) is 3.28. The number of hydrogen-bond acceptors (Lipinski definition) is 3. The minimum absolute atomic E-state index is 0.290. The van der Waals surface area contributed by atoms with Gasteiger partial charge in [0.2, 0.25) is 0 Å². The second-order valence-corrected chi connectivity index (χ2v) is 5.31. The van der Waals surface area contributed by atoms with Gasteiger partial charge in [0, 0.05) is 0 Å². The van der Waals surface area contributed by atoms with E-state index >= 15 is 0 Å². The van der Waals surface area contributed by atoms with Gasteiger partial charge in [-0.05, 0) is 44.5 Å². The summed E-state index contributed by atoms with van der Waals surface area (Å²) in [5.41, 5.74) is 3.08. The fraction of sp³-hybridized carbons (Fsp3) is 0.375. The van der Waals surface area contributed by atoms with Gasteiger partial charge in [-0.3, -0.25) is 0 Å². The van der Waals surface area contributed by atoms with Crippen LogP contribution in [0.15, 0.2) is 24.3 Å². The van der Waals surface area contributed by atoms with Crippen LogP contribution in [0.25, 0.3) is 5.69 Å². The molecule has 2 rings (SSSR count). The van der Waals surface area contributed by atoms with E-state index in [-0.39, 0.29) is 5.97 Å². The van der Waals surface area contributed by atoms with Crippen molar-refractivity contribution in [3.63, 3.8) is 0 Å². The summed E-state index contributed by atoms with van der Waals surface area (Å²) in [6.45, 7) is 6.30. The lowest BCUT2D eigenvalue weighted by Gasteiger charge is -2.07. The third-order valence-corrected chi connectivity index (χ3v) is 3.83. The van der Waals surface area contributed by atoms with Gasteiger partial charge in [-0.15, -0.1) is 0 Å². The van der Waals surface area contributed by atoms with Crippen molar-refractivity contribution in [3.05, 3.63) is 46.2 Å². The maximum Gasteiger partial charge on any atom is 0.338 e. The molecule has 1 aromatic heterocycles. The Balaban J connectivity index is 2.15. The number of unbranched alkanes of at least 4 members (excludes halogenated alkanes) is 1. The van der Waals surface area contributed by atoms with Crippen molar-refractivity contribution < 1.29 is 9.53 Å². The van der Waals surface area contributed by atoms with Crippen molar-refractivity contribution in [2.24, 2.45) is 0 Å². The van der Waals surface area contributed by atoms with E-state index in [1.165, 1.54) is 0 Å². The summed E-state index contributed by atoms with van der Waals surface area (Å²) in [7, 11) is 0. The summed E-state index contributed by atoms with van der Waals surface area (Å²) in [5, 5.41) is 5.05. The van der Waals surface area contributed by atoms with Crippen LogP contribution in [0.2, 0.25) is 5.02 Å². The number of aryl methyl sites for hydroxylation is 1. The van der Waals surface area contributed by atoms with Crippen molar-refractivity contribution in [1.82, 2.24) is 9.78 Å². The van der Waals surface area contributed by atoms with Crippen molar-refractivity contribution in [3.8, 4) is 5.69 Å². The lowest BCUT2D eigenvalue weighted by molar-refractivity contribution is 0.0500. The van der Waals surface area contributed by atoms with Gasteiger partial charge >= 0.3 is 5.97 Å². The summed E-state index contributed by atoms with van der Waals surface area (Å²) in [6.07, 6.45) is 1.89. The van der Waals surface area contributed by atoms with Crippen molar-refractivity contribution in [1.29, 1.82) is 0 Å². The Hall–Kier alpha value is -1.81. The lowest BCUT2D eigenvalue weighted by Crippen LogP contribution is -2.07. The molecule has 0 spiro atoms. The van der Waals surface area contributed by atoms with Crippen LogP contribution in [0, 0.1) is 13.8 Å². The average Bonchev–Trinajstić information content (AvgIpc) is 2.75. The fourth-order valence-corrected chi connectivity index (χ4v) is 2.12. The van der Waals surface area contributed by atoms with Gasteiger partial charge in [-0.1, -0.05) is 24.9 Å². The summed E-state index contributed by atoms with van der Waals surface area (Å²) >= 11 is 6.14. The molecule has 0 N–H and O–H groups in total. The Bertz CT molecular complexity index is 632. The molecule has 0 fully saturated rings. The zero-order chi connectivity index (χ0) is 15.4. The largest absolute Gasteiger partial charge is 0.462 e. The molecular weight excluding hydrogens is 288 g/mol. The number of carbonyl (C=O) groups is 1. The van der Waals surface area contributed by atoms with Crippen LogP contribution in [0.3, 0.4) is 0 Å². The first-order valence-corrected chi connectivity index (χ1v) is 7.41. The SMILES string of the molecule is CCCCOC(=O)c1ccc(-n2nc(C)c(Cl)c2C)cc1. The van der Waals surface area contributed by atoms with Gasteiger partial charge < -0.3 is 4.74 Å². The van der Waals surface area contributed by atoms with Crippen LogP contribution in [-0.4, -0.2) is 22.4 Å². The van der Waals surface area contributed by atoms with Crippen LogP contribution in [0.1, 0.15) is 41.5 Å². The van der Waals surface area contributed by atoms with Gasteiger partial charge in [0.15, 0.2) is 0 Å². The highest BCUT2D eigenvalue weighted by atomic mass is 35.5. The highest BCUT2D eigenvalue weighted by molar-refractivity contribution is 6.31. The number of ether oxygens (including phenoxy) is 1. The number of halogens is 1. The van der Waals surface area contributed by atoms with E-state index in [1.807, 2.05) is 26.0 Å². The van der Waals surface area contributed by atoms with Crippen LogP contribution in [0.5, 0.6) is 0 Å². The molecule has 0 aliphatic heterocycles. The Morgan fingerprint density at radius 2 is 1.95 bits per heavy atom. The van der Waals surface area contributed by atoms with Crippen molar-refractivity contribution in [2.45, 2.75) is 33.6 Å². The van der Waals surface area contributed by atoms with Gasteiger partial charge in [0.25, 0.3) is 0 Å². The number of carbonyl (C=O) groups excluding carboxylic acids is 1. The van der Waals surface area contributed by atoms with E-state index in [4.69, 9.17) is 16.3 Å². The lowest BCUT2D eigenvalue weighted by atomic mass is 10.2. The topological polar surface area (TPSA) is 44.1 Å². The zero-order valence-corrected chi connectivity index (χ0v) is 13.3. The molecule has 1 aromatic carbocycles. The summed E-state index contributed by atoms with van der Waals surface area (Å²) in [4.78, 5) is 11.8. The van der Waals surface area contributed by atoms with Gasteiger partial charge in [0.05, 0.1) is 34.3 Å². The first-order chi connectivity index (χ1) is 10.0. The predicted octanol–water partition coefficient (Wildman–Crippen LogP) is 4.10. The molecule has 4 nitrogen and oxygen atoms in total. The number of hydrogen-bond donors (Lipinski definition) is 0. The summed E-state index contributed by atoms with van der Waals surface area (Å²) in [5.74, 6) is -0.290. The monoisotopic (exact) mass is 306 g/mol. The van der Waals surface area contributed by atoms with E-state index in [2.05, 4.69) is 12.0 Å². The van der Waals surface area contributed by atoms with Gasteiger partial charge in [0.1, 0.15) is 0 Å². The Morgan fingerprint density at radius 3 is 2.48 bits per heavy atom. The first kappa shape index (κ1) is 15.6. The standard InChI is InChI=1S/C16H19ClN2O2/c1-4-5-10-21-16(20)13-6-8-14(9-7-13)19-12(3)15(17)11(2)18-19/h6-9H,4-5,10H2,1-3H3. The number of aromatic nitrogens is 2. The maximum atomic E-state index is 11.8. The molecule has 0 bridgehead atoms. The minimum atomic E-state index is -0.290. The molecule has 112 valence electrons. The van der Waals surface area contributed by atoms with Gasteiger partial charge in [-0.2, -0.15) is 5.10 Å². The second kappa shape index (κ2) is 6.76. The molecule has 2 aromatic rings. The van der Waals surface area contributed by atoms with E-state index in [0.29, 0.717) is 17.2 Å². The van der Waals surface area contributed by atoms with Crippen LogP contribution in [0.4, 0.5) is 0 Å². The molecule has 0 atom stereocenters. The van der Waals surface area contributed by atoms with E-state index in [9.17, 15) is 4.79 Å². The third kappa shape index (κ3) is 3.45. The Kier molecular flexibility index (Phi) is 5.02. The van der Waals surface area contributed by atoms with Crippen molar-refractivity contribution >= 4 is 17.6 Å². The fourth-order valence-electron chi connectivity index (χ4n) is 2.01. The van der Waals surface area contributed by atoms with E-state index in [1.54, 1.807) is 16.8 Å². The molecule has 0 saturated heterocycles. The number of esters is 1. The number of nitrogens with zero attached hydrogens (tertiary/aromatic N) is 2. The van der Waals surface area contributed by atoms with Gasteiger partial charge in [-0.25, -0.2) is 9.48 Å². The normalized spacial score (nSPS) is 10.7. The summed E-state index contributed by atoms with van der Waals surface area (Å²) < 4.78 is 6.95. The van der Waals surface area contributed by atoms with E-state index in [0.717, 1.165) is 29.9 Å². The molecule has 21 heavy (non-hydrogen) atoms. The van der Waals surface area contributed by atoms with Crippen molar-refractivity contribution in [2.75, 3.05) is 6.61 Å². The predicted molar refractivity (Wildman–Crippen MR) is 83.2 cm³/mol. The molecule has 0 amide bonds. The molecular formula is C16H19ClN2O2. The molecule has 0 unspecified atom stereocenters. The molecule has 1 heterocycles. The molecule has 0 radical (unpaired) electrons. The smallest absolute Gasteiger partial charge is 0.338 e. The van der Waals surface area contributed by atoms with Crippen LogP contribution >= 0.6 is 11.6 Å². The molecule has 0 aliphatic rings. The molecule has 0 saturated carbocycles. The second-order valence-electron chi connectivity index (χ2n) is 4.93. The molecule has 0 aliphatic carbocycles. The maximum absolute atomic E-state index is 11.8. The molecule has 5 heteroatoms. The first-order valence-electron chi connectivity index (χ1n) is 7.04. The zero-order valence-electron chi connectivity index (χ0n) is 12.5. The Morgan fingerprint density at radius 1 is 1.29 bits per heavy atom. The number of benzene rings is 1.